The van der Waals surface area contributed by atoms with E-state index < -0.39 is 4.92 Å². The average molecular weight is 246 g/mol. The maximum Gasteiger partial charge on any atom is 0.269 e. The monoisotopic (exact) mass is 245 g/mol. The topological polar surface area (TPSA) is 43.1 Å². The van der Waals surface area contributed by atoms with Crippen molar-refractivity contribution in [3.8, 4) is 0 Å². The molecule has 1 aromatic carbocycles. The molecule has 0 heterocycles. The molecule has 3 nitrogen and oxygen atoms in total. The van der Waals surface area contributed by atoms with Crippen LogP contribution in [0.3, 0.4) is 0 Å². The van der Waals surface area contributed by atoms with Gasteiger partial charge in [0.05, 0.1) is 4.92 Å². The van der Waals surface area contributed by atoms with E-state index in [9.17, 15) is 10.1 Å². The number of nitro benzene ring substituents is 1. The Kier molecular flexibility index (Phi) is 4.91. The molecule has 0 radical (unpaired) electrons. The molecule has 5 heteroatoms. The minimum atomic E-state index is -0.398. The molecule has 0 saturated carbocycles. The third-order valence-electron chi connectivity index (χ3n) is 1.85. The summed E-state index contributed by atoms with van der Waals surface area (Å²) >= 11 is 7.68. The van der Waals surface area contributed by atoms with Crippen LogP contribution in [0.2, 0.25) is 5.02 Å². The van der Waals surface area contributed by atoms with Crippen molar-refractivity contribution in [2.75, 3.05) is 5.75 Å². The third kappa shape index (κ3) is 3.72. The number of rotatable bonds is 5. The Morgan fingerprint density at radius 2 is 2.27 bits per heavy atom. The standard InChI is InChI=1S/C10H12ClNO2S/c1-2-5-15-7-8-6-9(12(13)14)3-4-10(8)11/h3-4,6H,2,5,7H2,1H3. The number of nitrogens with zero attached hydrogens (tertiary/aromatic N) is 1. The normalized spacial score (nSPS) is 10.3. The highest BCUT2D eigenvalue weighted by Gasteiger charge is 2.09. The predicted molar refractivity (Wildman–Crippen MR) is 64.6 cm³/mol. The third-order valence-corrected chi connectivity index (χ3v) is 3.43. The second-order valence-corrected chi connectivity index (χ2v) is 4.60. The van der Waals surface area contributed by atoms with E-state index in [0.29, 0.717) is 5.02 Å². The van der Waals surface area contributed by atoms with Gasteiger partial charge in [0.25, 0.3) is 5.69 Å². The fourth-order valence-corrected chi connectivity index (χ4v) is 2.27. The first-order valence-electron chi connectivity index (χ1n) is 4.65. The van der Waals surface area contributed by atoms with Crippen molar-refractivity contribution in [3.05, 3.63) is 38.9 Å². The zero-order chi connectivity index (χ0) is 11.3. The molecule has 0 aromatic heterocycles. The summed E-state index contributed by atoms with van der Waals surface area (Å²) in [5, 5.41) is 11.2. The molecule has 0 saturated heterocycles. The van der Waals surface area contributed by atoms with Crippen molar-refractivity contribution in [2.45, 2.75) is 19.1 Å². The quantitative estimate of drug-likeness (QED) is 0.449. The van der Waals surface area contributed by atoms with E-state index in [-0.39, 0.29) is 5.69 Å². The molecule has 0 N–H and O–H groups in total. The first-order chi connectivity index (χ1) is 7.15. The van der Waals surface area contributed by atoms with Crippen molar-refractivity contribution in [3.63, 3.8) is 0 Å². The zero-order valence-electron chi connectivity index (χ0n) is 8.40. The molecule has 82 valence electrons. The van der Waals surface area contributed by atoms with E-state index in [1.165, 1.54) is 6.07 Å². The van der Waals surface area contributed by atoms with Gasteiger partial charge in [-0.05, 0) is 23.8 Å². The minimum Gasteiger partial charge on any atom is -0.258 e. The smallest absolute Gasteiger partial charge is 0.258 e. The number of hydrogen-bond donors (Lipinski definition) is 0. The summed E-state index contributed by atoms with van der Waals surface area (Å²) in [4.78, 5) is 10.2. The van der Waals surface area contributed by atoms with Gasteiger partial charge in [0.1, 0.15) is 0 Å². The molecule has 0 atom stereocenters. The minimum absolute atomic E-state index is 0.103. The van der Waals surface area contributed by atoms with E-state index in [4.69, 9.17) is 11.6 Å². The molecular formula is C10H12ClNO2S. The lowest BCUT2D eigenvalue weighted by Crippen LogP contribution is -1.91. The van der Waals surface area contributed by atoms with Crippen LogP contribution < -0.4 is 0 Å². The number of thioether (sulfide) groups is 1. The lowest BCUT2D eigenvalue weighted by Gasteiger charge is -2.03. The van der Waals surface area contributed by atoms with Gasteiger partial charge in [-0.3, -0.25) is 10.1 Å². The van der Waals surface area contributed by atoms with Gasteiger partial charge in [0, 0.05) is 22.9 Å². The van der Waals surface area contributed by atoms with Gasteiger partial charge >= 0.3 is 0 Å². The van der Waals surface area contributed by atoms with Crippen LogP contribution in [0.1, 0.15) is 18.9 Å². The van der Waals surface area contributed by atoms with Gasteiger partial charge in [-0.2, -0.15) is 11.8 Å². The maximum atomic E-state index is 10.6. The number of non-ortho nitro benzene ring substituents is 1. The molecule has 1 aromatic rings. The zero-order valence-corrected chi connectivity index (χ0v) is 9.98. The summed E-state index contributed by atoms with van der Waals surface area (Å²) in [6, 6.07) is 4.56. The van der Waals surface area contributed by atoms with E-state index in [2.05, 4.69) is 6.92 Å². The molecule has 0 spiro atoms. The van der Waals surface area contributed by atoms with Gasteiger partial charge in [0.15, 0.2) is 0 Å². The summed E-state index contributed by atoms with van der Waals surface area (Å²) in [5.41, 5.74) is 0.941. The SMILES string of the molecule is CCCSCc1cc([N+](=O)[O-])ccc1Cl. The predicted octanol–water partition coefficient (Wildman–Crippen LogP) is 3.89. The highest BCUT2D eigenvalue weighted by Crippen LogP contribution is 2.25. The number of halogens is 1. The van der Waals surface area contributed by atoms with Gasteiger partial charge in [0.2, 0.25) is 0 Å². The summed E-state index contributed by atoms with van der Waals surface area (Å²) < 4.78 is 0. The number of benzene rings is 1. The average Bonchev–Trinajstić information content (AvgIpc) is 2.20. The van der Waals surface area contributed by atoms with Crippen molar-refractivity contribution in [1.29, 1.82) is 0 Å². The molecule has 0 fully saturated rings. The lowest BCUT2D eigenvalue weighted by atomic mass is 10.2. The first kappa shape index (κ1) is 12.3. The van der Waals surface area contributed by atoms with Crippen LogP contribution >= 0.6 is 23.4 Å². The second kappa shape index (κ2) is 5.98. The molecule has 0 aliphatic carbocycles. The van der Waals surface area contributed by atoms with Crippen LogP contribution in [0.15, 0.2) is 18.2 Å². The van der Waals surface area contributed by atoms with Gasteiger partial charge < -0.3 is 0 Å². The van der Waals surface area contributed by atoms with E-state index in [0.717, 1.165) is 23.5 Å². The molecule has 0 bridgehead atoms. The summed E-state index contributed by atoms with van der Waals surface area (Å²) in [6.07, 6.45) is 1.09. The largest absolute Gasteiger partial charge is 0.269 e. The van der Waals surface area contributed by atoms with Crippen molar-refractivity contribution >= 4 is 29.1 Å². The number of nitro groups is 1. The number of hydrogen-bond acceptors (Lipinski definition) is 3. The van der Waals surface area contributed by atoms with Crippen LogP contribution in [0, 0.1) is 10.1 Å². The van der Waals surface area contributed by atoms with Crippen molar-refractivity contribution < 1.29 is 4.92 Å². The Balaban J connectivity index is 2.76. The Morgan fingerprint density at radius 3 is 2.87 bits per heavy atom. The fraction of sp³-hybridized carbons (Fsp3) is 0.400. The van der Waals surface area contributed by atoms with Crippen LogP contribution in [0.25, 0.3) is 0 Å². The van der Waals surface area contributed by atoms with Crippen LogP contribution in [-0.4, -0.2) is 10.7 Å². The van der Waals surface area contributed by atoms with Gasteiger partial charge in [-0.1, -0.05) is 18.5 Å². The molecule has 15 heavy (non-hydrogen) atoms. The maximum absolute atomic E-state index is 10.6. The first-order valence-corrected chi connectivity index (χ1v) is 6.19. The summed E-state index contributed by atoms with van der Waals surface area (Å²) in [7, 11) is 0. The Hall–Kier alpha value is -0.740. The van der Waals surface area contributed by atoms with Crippen molar-refractivity contribution in [1.82, 2.24) is 0 Å². The van der Waals surface area contributed by atoms with E-state index in [1.807, 2.05) is 0 Å². The molecule has 0 aliphatic heterocycles. The van der Waals surface area contributed by atoms with Crippen LogP contribution in [0.5, 0.6) is 0 Å². The molecular weight excluding hydrogens is 234 g/mol. The summed E-state index contributed by atoms with van der Waals surface area (Å²) in [5.74, 6) is 1.77. The van der Waals surface area contributed by atoms with Crippen LogP contribution in [0.4, 0.5) is 5.69 Å². The lowest BCUT2D eigenvalue weighted by molar-refractivity contribution is -0.384. The fourth-order valence-electron chi connectivity index (χ4n) is 1.11. The van der Waals surface area contributed by atoms with E-state index >= 15 is 0 Å². The molecule has 0 aliphatic rings. The van der Waals surface area contributed by atoms with Crippen LogP contribution in [-0.2, 0) is 5.75 Å². The Labute approximate surface area is 98.0 Å². The van der Waals surface area contributed by atoms with Gasteiger partial charge in [-0.25, -0.2) is 0 Å². The highest BCUT2D eigenvalue weighted by atomic mass is 35.5. The molecule has 0 amide bonds. The van der Waals surface area contributed by atoms with Crippen molar-refractivity contribution in [2.24, 2.45) is 0 Å². The highest BCUT2D eigenvalue weighted by molar-refractivity contribution is 7.98. The second-order valence-electron chi connectivity index (χ2n) is 3.09. The molecule has 0 unspecified atom stereocenters. The van der Waals surface area contributed by atoms with Gasteiger partial charge in [-0.15, -0.1) is 0 Å². The Morgan fingerprint density at radius 1 is 1.53 bits per heavy atom. The molecule has 1 rings (SSSR count). The summed E-state index contributed by atoms with van der Waals surface area (Å²) in [6.45, 7) is 2.10. The Bertz CT molecular complexity index is 357. The van der Waals surface area contributed by atoms with E-state index in [1.54, 1.807) is 23.9 Å².